The number of hydrogen-bond donors (Lipinski definition) is 2. The van der Waals surface area contributed by atoms with Crippen molar-refractivity contribution in [3.05, 3.63) is 53.8 Å². The zero-order valence-corrected chi connectivity index (χ0v) is 13.8. The first-order chi connectivity index (χ1) is 10.9. The van der Waals surface area contributed by atoms with Crippen LogP contribution in [0.5, 0.6) is 0 Å². The number of sulfonamides is 1. The monoisotopic (exact) mass is 338 g/mol. The summed E-state index contributed by atoms with van der Waals surface area (Å²) in [6.45, 7) is 2.80. The average molecular weight is 338 g/mol. The van der Waals surface area contributed by atoms with Gasteiger partial charge in [0, 0.05) is 25.0 Å². The molecule has 0 aromatic heterocycles. The van der Waals surface area contributed by atoms with Gasteiger partial charge < -0.3 is 10.1 Å². The van der Waals surface area contributed by atoms with Gasteiger partial charge in [0.1, 0.15) is 5.82 Å². The Hall–Kier alpha value is -2.12. The lowest BCUT2D eigenvalue weighted by atomic mass is 10.2. The smallest absolute Gasteiger partial charge is 0.262 e. The van der Waals surface area contributed by atoms with Gasteiger partial charge in [-0.05, 0) is 55.0 Å². The van der Waals surface area contributed by atoms with Gasteiger partial charge in [0.25, 0.3) is 10.0 Å². The second kappa shape index (κ2) is 7.43. The normalized spacial score (nSPS) is 11.3. The van der Waals surface area contributed by atoms with Gasteiger partial charge in [-0.3, -0.25) is 4.72 Å². The largest absolute Gasteiger partial charge is 0.383 e. The summed E-state index contributed by atoms with van der Waals surface area (Å²) in [5, 5.41) is 3.14. The number of aryl methyl sites for hydroxylation is 1. The third-order valence-corrected chi connectivity index (χ3v) is 4.74. The molecule has 0 aliphatic carbocycles. The van der Waals surface area contributed by atoms with Crippen molar-refractivity contribution in [3.63, 3.8) is 0 Å². The van der Waals surface area contributed by atoms with Gasteiger partial charge in [-0.25, -0.2) is 12.8 Å². The highest BCUT2D eigenvalue weighted by atomic mass is 32.2. The van der Waals surface area contributed by atoms with E-state index in [1.54, 1.807) is 38.3 Å². The summed E-state index contributed by atoms with van der Waals surface area (Å²) in [5.74, 6) is -0.465. The fourth-order valence-corrected chi connectivity index (χ4v) is 3.36. The topological polar surface area (TPSA) is 67.4 Å². The van der Waals surface area contributed by atoms with Crippen molar-refractivity contribution in [2.24, 2.45) is 0 Å². The lowest BCUT2D eigenvalue weighted by Crippen LogP contribution is -2.14. The molecule has 2 N–H and O–H groups in total. The van der Waals surface area contributed by atoms with Gasteiger partial charge >= 0.3 is 0 Å². The van der Waals surface area contributed by atoms with E-state index in [9.17, 15) is 12.8 Å². The first-order valence-corrected chi connectivity index (χ1v) is 8.52. The molecule has 0 heterocycles. The maximum Gasteiger partial charge on any atom is 0.262 e. The minimum absolute atomic E-state index is 0.0567. The molecule has 0 bridgehead atoms. The van der Waals surface area contributed by atoms with Crippen LogP contribution in [-0.4, -0.2) is 28.7 Å². The van der Waals surface area contributed by atoms with Crippen LogP contribution in [0.15, 0.2) is 47.4 Å². The molecule has 2 rings (SSSR count). The predicted octanol–water partition coefficient (Wildman–Crippen LogP) is 2.99. The number of halogens is 1. The van der Waals surface area contributed by atoms with Crippen molar-refractivity contribution in [1.29, 1.82) is 0 Å². The number of hydrogen-bond acceptors (Lipinski definition) is 4. The number of anilines is 2. The molecule has 0 atom stereocenters. The average Bonchev–Trinajstić information content (AvgIpc) is 2.48. The highest BCUT2D eigenvalue weighted by Crippen LogP contribution is 2.21. The van der Waals surface area contributed by atoms with Gasteiger partial charge in [0.2, 0.25) is 0 Å². The van der Waals surface area contributed by atoms with Crippen LogP contribution in [0.25, 0.3) is 0 Å². The number of ether oxygens (including phenoxy) is 1. The summed E-state index contributed by atoms with van der Waals surface area (Å²) in [6, 6.07) is 10.4. The third-order valence-electron chi connectivity index (χ3n) is 3.20. The molecule has 124 valence electrons. The van der Waals surface area contributed by atoms with Gasteiger partial charge in [0.15, 0.2) is 0 Å². The SMILES string of the molecule is COCCNc1ccc(NS(=O)(=O)c2ccc(F)cc2C)cc1. The maximum absolute atomic E-state index is 13.1. The predicted molar refractivity (Wildman–Crippen MR) is 88.8 cm³/mol. The Morgan fingerprint density at radius 2 is 1.74 bits per heavy atom. The molecule has 2 aromatic carbocycles. The summed E-state index contributed by atoms with van der Waals surface area (Å²) in [6.07, 6.45) is 0. The van der Waals surface area contributed by atoms with E-state index in [2.05, 4.69) is 10.0 Å². The Bertz CT molecular complexity index is 761. The fourth-order valence-electron chi connectivity index (χ4n) is 2.08. The molecule has 0 aliphatic rings. The van der Waals surface area contributed by atoms with E-state index in [0.717, 1.165) is 11.8 Å². The third kappa shape index (κ3) is 4.67. The minimum atomic E-state index is -3.75. The van der Waals surface area contributed by atoms with Gasteiger partial charge in [-0.2, -0.15) is 0 Å². The molecular formula is C16H19FN2O3S. The van der Waals surface area contributed by atoms with E-state index in [1.165, 1.54) is 12.1 Å². The first kappa shape index (κ1) is 17.2. The molecule has 0 radical (unpaired) electrons. The first-order valence-electron chi connectivity index (χ1n) is 7.04. The molecule has 0 amide bonds. The van der Waals surface area contributed by atoms with Crippen LogP contribution in [0, 0.1) is 12.7 Å². The minimum Gasteiger partial charge on any atom is -0.383 e. The number of methoxy groups -OCH3 is 1. The Morgan fingerprint density at radius 3 is 2.35 bits per heavy atom. The van der Waals surface area contributed by atoms with Crippen LogP contribution >= 0.6 is 0 Å². The van der Waals surface area contributed by atoms with Crippen molar-refractivity contribution in [2.45, 2.75) is 11.8 Å². The van der Waals surface area contributed by atoms with Crippen LogP contribution in [-0.2, 0) is 14.8 Å². The molecule has 0 fully saturated rings. The van der Waals surface area contributed by atoms with E-state index in [1.807, 2.05) is 0 Å². The summed E-state index contributed by atoms with van der Waals surface area (Å²) in [4.78, 5) is 0.0567. The fraction of sp³-hybridized carbons (Fsp3) is 0.250. The second-order valence-corrected chi connectivity index (χ2v) is 6.66. The summed E-state index contributed by atoms with van der Waals surface area (Å²) in [5.41, 5.74) is 1.66. The van der Waals surface area contributed by atoms with E-state index < -0.39 is 15.8 Å². The zero-order chi connectivity index (χ0) is 16.9. The van der Waals surface area contributed by atoms with E-state index >= 15 is 0 Å². The molecule has 0 spiro atoms. The van der Waals surface area contributed by atoms with Gasteiger partial charge in [-0.15, -0.1) is 0 Å². The van der Waals surface area contributed by atoms with Gasteiger partial charge in [0.05, 0.1) is 11.5 Å². The standard InChI is InChI=1S/C16H19FN2O3S/c1-12-11-13(17)3-8-16(12)23(20,21)19-15-6-4-14(5-7-15)18-9-10-22-2/h3-8,11,18-19H,9-10H2,1-2H3. The highest BCUT2D eigenvalue weighted by Gasteiger charge is 2.17. The molecule has 23 heavy (non-hydrogen) atoms. The summed E-state index contributed by atoms with van der Waals surface area (Å²) in [7, 11) is -2.13. The van der Waals surface area contributed by atoms with E-state index in [0.29, 0.717) is 24.4 Å². The van der Waals surface area contributed by atoms with Crippen LogP contribution in [0.3, 0.4) is 0 Å². The van der Waals surface area contributed by atoms with Crippen molar-refractivity contribution >= 4 is 21.4 Å². The quantitative estimate of drug-likeness (QED) is 0.762. The number of benzene rings is 2. The van der Waals surface area contributed by atoms with E-state index in [-0.39, 0.29) is 4.90 Å². The number of rotatable bonds is 7. The van der Waals surface area contributed by atoms with Crippen LogP contribution in [0.2, 0.25) is 0 Å². The Kier molecular flexibility index (Phi) is 5.57. The lowest BCUT2D eigenvalue weighted by molar-refractivity contribution is 0.211. The lowest BCUT2D eigenvalue weighted by Gasteiger charge is -2.11. The Balaban J connectivity index is 2.11. The molecule has 7 heteroatoms. The molecule has 0 aliphatic heterocycles. The molecule has 0 saturated carbocycles. The van der Waals surface area contributed by atoms with Crippen molar-refractivity contribution in [1.82, 2.24) is 0 Å². The maximum atomic E-state index is 13.1. The summed E-state index contributed by atoms with van der Waals surface area (Å²) < 4.78 is 45.3. The summed E-state index contributed by atoms with van der Waals surface area (Å²) >= 11 is 0. The molecule has 0 unspecified atom stereocenters. The number of nitrogens with one attached hydrogen (secondary N) is 2. The van der Waals surface area contributed by atoms with Crippen molar-refractivity contribution in [2.75, 3.05) is 30.3 Å². The van der Waals surface area contributed by atoms with Crippen LogP contribution in [0.1, 0.15) is 5.56 Å². The van der Waals surface area contributed by atoms with Crippen LogP contribution < -0.4 is 10.0 Å². The van der Waals surface area contributed by atoms with Crippen molar-refractivity contribution in [3.8, 4) is 0 Å². The highest BCUT2D eigenvalue weighted by molar-refractivity contribution is 7.92. The molecule has 5 nitrogen and oxygen atoms in total. The Morgan fingerprint density at radius 1 is 1.09 bits per heavy atom. The molecule has 0 saturated heterocycles. The molecule has 2 aromatic rings. The van der Waals surface area contributed by atoms with E-state index in [4.69, 9.17) is 4.74 Å². The van der Waals surface area contributed by atoms with Gasteiger partial charge in [-0.1, -0.05) is 0 Å². The van der Waals surface area contributed by atoms with Crippen molar-refractivity contribution < 1.29 is 17.5 Å². The molecular weight excluding hydrogens is 319 g/mol. The zero-order valence-electron chi connectivity index (χ0n) is 13.0. The van der Waals surface area contributed by atoms with Crippen LogP contribution in [0.4, 0.5) is 15.8 Å². The Labute approximate surface area is 135 Å². The second-order valence-electron chi connectivity index (χ2n) is 5.01.